The molecule has 0 atom stereocenters. The molecular weight excluding hydrogens is 551 g/mol. The van der Waals surface area contributed by atoms with Gasteiger partial charge in [-0.15, -0.1) is 11.3 Å². The Hall–Kier alpha value is -3.79. The van der Waals surface area contributed by atoms with Gasteiger partial charge in [0.25, 0.3) is 11.5 Å². The molecule has 0 spiro atoms. The quantitative estimate of drug-likeness (QED) is 0.308. The minimum absolute atomic E-state index is 0.0619. The molecule has 0 bridgehead atoms. The van der Waals surface area contributed by atoms with Gasteiger partial charge in [0.15, 0.2) is 5.82 Å². The molecule has 5 rings (SSSR count). The van der Waals surface area contributed by atoms with Crippen LogP contribution in [0.4, 0.5) is 4.39 Å². The fourth-order valence-electron chi connectivity index (χ4n) is 4.66. The molecule has 2 aromatic carbocycles. The Kier molecular flexibility index (Phi) is 8.16. The molecule has 7 nitrogen and oxygen atoms in total. The van der Waals surface area contributed by atoms with Crippen LogP contribution in [-0.4, -0.2) is 53.6 Å². The number of halogens is 2. The van der Waals surface area contributed by atoms with Crippen LogP contribution in [0.25, 0.3) is 33.6 Å². The van der Waals surface area contributed by atoms with Crippen molar-refractivity contribution in [2.45, 2.75) is 13.8 Å². The van der Waals surface area contributed by atoms with Crippen LogP contribution < -0.4 is 15.6 Å². The summed E-state index contributed by atoms with van der Waals surface area (Å²) < 4.78 is 22.2. The maximum Gasteiger partial charge on any atom is 0.266 e. The maximum atomic E-state index is 15.5. The number of rotatable bonds is 6. The second-order valence-electron chi connectivity index (χ2n) is 9.60. The third kappa shape index (κ3) is 5.45. The molecule has 0 radical (unpaired) electrons. The molecule has 1 N–H and O–H groups in total. The highest BCUT2D eigenvalue weighted by atomic mass is 35.5. The van der Waals surface area contributed by atoms with E-state index in [2.05, 4.69) is 5.32 Å². The number of pyridine rings is 1. The molecule has 1 fully saturated rings. The van der Waals surface area contributed by atoms with Gasteiger partial charge in [0.2, 0.25) is 0 Å². The second kappa shape index (κ2) is 11.8. The lowest BCUT2D eigenvalue weighted by molar-refractivity contribution is 0.0735. The molecule has 10 heteroatoms. The van der Waals surface area contributed by atoms with Crippen molar-refractivity contribution in [1.82, 2.24) is 19.8 Å². The Labute approximate surface area is 240 Å². The second-order valence-corrected chi connectivity index (χ2v) is 10.9. The number of hydrogen-bond acceptors (Lipinski definition) is 6. The van der Waals surface area contributed by atoms with Crippen molar-refractivity contribution in [1.29, 1.82) is 0 Å². The summed E-state index contributed by atoms with van der Waals surface area (Å²) in [5, 5.41) is 6.11. The molecule has 4 aromatic rings. The van der Waals surface area contributed by atoms with Crippen LogP contribution in [0.2, 0.25) is 5.02 Å². The van der Waals surface area contributed by atoms with E-state index in [4.69, 9.17) is 21.3 Å². The smallest absolute Gasteiger partial charge is 0.266 e. The molecule has 0 unspecified atom stereocenters. The van der Waals surface area contributed by atoms with Crippen LogP contribution in [0.5, 0.6) is 5.75 Å². The highest BCUT2D eigenvalue weighted by Gasteiger charge is 2.28. The number of amides is 1. The summed E-state index contributed by atoms with van der Waals surface area (Å²) in [5.74, 6) is -0.721. The zero-order valence-electron chi connectivity index (χ0n) is 22.3. The number of ether oxygens (including phenoxy) is 1. The molecule has 0 saturated carbocycles. The Bertz CT molecular complexity index is 1650. The third-order valence-corrected chi connectivity index (χ3v) is 7.69. The molecule has 40 heavy (non-hydrogen) atoms. The van der Waals surface area contributed by atoms with E-state index in [-0.39, 0.29) is 34.2 Å². The first-order valence-corrected chi connectivity index (χ1v) is 14.0. The minimum Gasteiger partial charge on any atom is -0.494 e. The SMILES string of the molecule is COc1cccc(F)c1-n1c(C=C(C)C)c(C(=O)N2CCNCC2)cc(-c2nc(-c3ccc(Cl)cc3)cs2)c1=O. The van der Waals surface area contributed by atoms with Gasteiger partial charge in [-0.2, -0.15) is 0 Å². The molecular formula is C30H28ClFN4O3S. The number of thiazole rings is 1. The number of nitrogens with one attached hydrogen (secondary N) is 1. The van der Waals surface area contributed by atoms with Crippen LogP contribution in [0.3, 0.4) is 0 Å². The minimum atomic E-state index is -0.649. The number of hydrogen-bond donors (Lipinski definition) is 1. The number of nitrogens with zero attached hydrogens (tertiary/aromatic N) is 3. The highest BCUT2D eigenvalue weighted by molar-refractivity contribution is 7.13. The average Bonchev–Trinajstić information content (AvgIpc) is 3.44. The Morgan fingerprint density at radius 2 is 1.88 bits per heavy atom. The van der Waals surface area contributed by atoms with E-state index < -0.39 is 11.4 Å². The van der Waals surface area contributed by atoms with E-state index in [0.29, 0.717) is 41.9 Å². The topological polar surface area (TPSA) is 76.5 Å². The lowest BCUT2D eigenvalue weighted by Crippen LogP contribution is -2.47. The first-order valence-electron chi connectivity index (χ1n) is 12.8. The summed E-state index contributed by atoms with van der Waals surface area (Å²) in [7, 11) is 1.42. The first-order chi connectivity index (χ1) is 19.3. The predicted octanol–water partition coefficient (Wildman–Crippen LogP) is 5.90. The number of carbonyl (C=O) groups is 1. The molecule has 2 aromatic heterocycles. The zero-order valence-corrected chi connectivity index (χ0v) is 23.9. The van der Waals surface area contributed by atoms with E-state index in [9.17, 15) is 9.59 Å². The number of methoxy groups -OCH3 is 1. The van der Waals surface area contributed by atoms with Gasteiger partial charge in [0.05, 0.1) is 29.6 Å². The Morgan fingerprint density at radius 1 is 1.15 bits per heavy atom. The van der Waals surface area contributed by atoms with Gasteiger partial charge < -0.3 is 15.0 Å². The lowest BCUT2D eigenvalue weighted by Gasteiger charge is -2.29. The van der Waals surface area contributed by atoms with E-state index in [1.54, 1.807) is 35.2 Å². The Balaban J connectivity index is 1.80. The van der Waals surface area contributed by atoms with Gasteiger partial charge in [0.1, 0.15) is 16.4 Å². The van der Waals surface area contributed by atoms with Gasteiger partial charge in [-0.05, 0) is 50.3 Å². The molecule has 3 heterocycles. The van der Waals surface area contributed by atoms with Crippen LogP contribution in [0.1, 0.15) is 29.9 Å². The summed E-state index contributed by atoms with van der Waals surface area (Å²) in [6.45, 7) is 6.08. The molecule has 1 aliphatic rings. The van der Waals surface area contributed by atoms with Gasteiger partial charge >= 0.3 is 0 Å². The zero-order chi connectivity index (χ0) is 28.4. The number of carbonyl (C=O) groups excluding carboxylic acids is 1. The van der Waals surface area contributed by atoms with Crippen molar-refractivity contribution in [2.75, 3.05) is 33.3 Å². The number of allylic oxidation sites excluding steroid dienone is 1. The van der Waals surface area contributed by atoms with Crippen LogP contribution >= 0.6 is 22.9 Å². The van der Waals surface area contributed by atoms with Gasteiger partial charge in [0, 0.05) is 42.1 Å². The molecule has 1 amide bonds. The standard InChI is InChI=1S/C30H28ClFN4O3S/c1-18(2)15-25-21(29(37)35-13-11-33-12-14-35)16-22(28-34-24(17-40-28)19-7-9-20(31)10-8-19)30(38)36(25)27-23(32)5-4-6-26(27)39-3/h4-10,15-17,33H,11-14H2,1-3H3. The molecule has 206 valence electrons. The molecule has 1 aliphatic heterocycles. The van der Waals surface area contributed by atoms with E-state index >= 15 is 4.39 Å². The number of para-hydroxylation sites is 1. The normalized spacial score (nSPS) is 13.3. The fourth-order valence-corrected chi connectivity index (χ4v) is 5.62. The molecule has 0 aliphatic carbocycles. The monoisotopic (exact) mass is 578 g/mol. The van der Waals surface area contributed by atoms with Crippen molar-refractivity contribution in [3.8, 4) is 33.3 Å². The predicted molar refractivity (Wildman–Crippen MR) is 158 cm³/mol. The van der Waals surface area contributed by atoms with Crippen LogP contribution in [0.15, 0.2) is 64.3 Å². The number of aromatic nitrogens is 2. The van der Waals surface area contributed by atoms with Crippen molar-refractivity contribution in [2.24, 2.45) is 0 Å². The summed E-state index contributed by atoms with van der Waals surface area (Å²) in [4.78, 5) is 34.7. The van der Waals surface area contributed by atoms with Crippen molar-refractivity contribution in [3.05, 3.63) is 91.9 Å². The largest absolute Gasteiger partial charge is 0.494 e. The fraction of sp³-hybridized carbons (Fsp3) is 0.233. The number of piperazine rings is 1. The average molecular weight is 579 g/mol. The van der Waals surface area contributed by atoms with Gasteiger partial charge in [-0.1, -0.05) is 35.4 Å². The van der Waals surface area contributed by atoms with Gasteiger partial charge in [-0.3, -0.25) is 14.2 Å². The first kappa shape index (κ1) is 27.8. The van der Waals surface area contributed by atoms with Crippen molar-refractivity contribution in [3.63, 3.8) is 0 Å². The lowest BCUT2D eigenvalue weighted by atomic mass is 10.0. The van der Waals surface area contributed by atoms with Crippen LogP contribution in [0, 0.1) is 5.82 Å². The van der Waals surface area contributed by atoms with Crippen molar-refractivity contribution < 1.29 is 13.9 Å². The van der Waals surface area contributed by atoms with E-state index in [1.165, 1.54) is 35.1 Å². The Morgan fingerprint density at radius 3 is 2.55 bits per heavy atom. The van der Waals surface area contributed by atoms with E-state index in [1.807, 2.05) is 31.4 Å². The summed E-state index contributed by atoms with van der Waals surface area (Å²) in [6, 6.07) is 13.2. The van der Waals surface area contributed by atoms with Crippen molar-refractivity contribution >= 4 is 34.9 Å². The maximum absolute atomic E-state index is 15.5. The number of benzene rings is 2. The summed E-state index contributed by atoms with van der Waals surface area (Å²) in [5.41, 5.74) is 2.53. The van der Waals surface area contributed by atoms with Gasteiger partial charge in [-0.25, -0.2) is 9.37 Å². The summed E-state index contributed by atoms with van der Waals surface area (Å²) in [6.07, 6.45) is 1.73. The highest BCUT2D eigenvalue weighted by Crippen LogP contribution is 2.33. The van der Waals surface area contributed by atoms with Crippen LogP contribution in [-0.2, 0) is 0 Å². The van der Waals surface area contributed by atoms with E-state index in [0.717, 1.165) is 11.1 Å². The third-order valence-electron chi connectivity index (χ3n) is 6.57. The summed E-state index contributed by atoms with van der Waals surface area (Å²) >= 11 is 7.33. The molecule has 1 saturated heterocycles.